The Morgan fingerprint density at radius 2 is 1.94 bits per heavy atom. The molecule has 0 fully saturated rings. The van der Waals surface area contributed by atoms with Gasteiger partial charge in [0.05, 0.1) is 11.2 Å². The van der Waals surface area contributed by atoms with E-state index in [1.807, 2.05) is 0 Å². The van der Waals surface area contributed by atoms with E-state index in [1.54, 1.807) is 13.8 Å². The third kappa shape index (κ3) is 2.39. The van der Waals surface area contributed by atoms with Crippen molar-refractivity contribution in [2.24, 2.45) is 0 Å². The first-order valence-electron chi connectivity index (χ1n) is 5.27. The number of hydrogen-bond acceptors (Lipinski definition) is 2. The fourth-order valence-electron chi connectivity index (χ4n) is 1.80. The van der Waals surface area contributed by atoms with E-state index in [0.29, 0.717) is 12.0 Å². The first kappa shape index (κ1) is 12.2. The second kappa shape index (κ2) is 3.63. The monoisotopic (exact) mass is 246 g/mol. The maximum atomic E-state index is 12.5. The molecule has 0 aliphatic carbocycles. The summed E-state index contributed by atoms with van der Waals surface area (Å²) >= 11 is 0. The molecule has 1 atom stereocenters. The highest BCUT2D eigenvalue weighted by Crippen LogP contribution is 2.38. The summed E-state index contributed by atoms with van der Waals surface area (Å²) in [6.45, 7) is 3.16. The molecule has 94 valence electrons. The summed E-state index contributed by atoms with van der Waals surface area (Å²) in [6, 6.07) is 3.43. The Hall–Kier alpha value is -1.23. The largest absolute Gasteiger partial charge is 0.487 e. The zero-order valence-corrected chi connectivity index (χ0v) is 9.51. The van der Waals surface area contributed by atoms with E-state index in [9.17, 15) is 18.3 Å². The van der Waals surface area contributed by atoms with Crippen molar-refractivity contribution >= 4 is 0 Å². The summed E-state index contributed by atoms with van der Waals surface area (Å²) in [5.41, 5.74) is -1.10. The summed E-state index contributed by atoms with van der Waals surface area (Å²) < 4.78 is 42.8. The lowest BCUT2D eigenvalue weighted by Crippen LogP contribution is -2.39. The van der Waals surface area contributed by atoms with Gasteiger partial charge in [0, 0.05) is 6.42 Å². The molecule has 0 bridgehead atoms. The number of halogens is 3. The Labute approximate surface area is 97.0 Å². The zero-order valence-electron chi connectivity index (χ0n) is 9.51. The van der Waals surface area contributed by atoms with Crippen LogP contribution in [0.25, 0.3) is 0 Å². The summed E-state index contributed by atoms with van der Waals surface area (Å²) in [6.07, 6.45) is -4.44. The molecule has 1 aromatic rings. The first-order valence-corrected chi connectivity index (χ1v) is 5.27. The van der Waals surface area contributed by atoms with Crippen LogP contribution in [0.4, 0.5) is 13.2 Å². The highest BCUT2D eigenvalue weighted by atomic mass is 19.4. The predicted octanol–water partition coefficient (Wildman–Crippen LogP) is 2.78. The van der Waals surface area contributed by atoms with Gasteiger partial charge in [0.1, 0.15) is 11.9 Å². The smallest absolute Gasteiger partial charge is 0.416 e. The van der Waals surface area contributed by atoms with Crippen LogP contribution in [0.3, 0.4) is 0 Å². The second-order valence-electron chi connectivity index (χ2n) is 4.78. The minimum atomic E-state index is -4.37. The molecule has 0 spiro atoms. The molecule has 17 heavy (non-hydrogen) atoms. The van der Waals surface area contributed by atoms with Gasteiger partial charge in [-0.1, -0.05) is 6.07 Å². The van der Waals surface area contributed by atoms with E-state index >= 15 is 0 Å². The molecule has 5 heteroatoms. The zero-order chi connectivity index (χ0) is 12.8. The molecule has 1 aromatic carbocycles. The number of rotatable bonds is 1. The number of benzene rings is 1. The van der Waals surface area contributed by atoms with Gasteiger partial charge < -0.3 is 9.84 Å². The van der Waals surface area contributed by atoms with Crippen molar-refractivity contribution in [3.05, 3.63) is 29.3 Å². The molecular formula is C12H13F3O2. The summed E-state index contributed by atoms with van der Waals surface area (Å²) in [5.74, 6) is 0.215. The van der Waals surface area contributed by atoms with Crippen LogP contribution in [-0.2, 0) is 12.6 Å². The van der Waals surface area contributed by atoms with Gasteiger partial charge in [-0.15, -0.1) is 0 Å². The molecule has 2 rings (SSSR count). The average Bonchev–Trinajstić information content (AvgIpc) is 2.57. The maximum absolute atomic E-state index is 12.5. The van der Waals surface area contributed by atoms with E-state index in [2.05, 4.69) is 0 Å². The number of fused-ring (bicyclic) bond motifs is 1. The van der Waals surface area contributed by atoms with E-state index < -0.39 is 23.4 Å². The fraction of sp³-hybridized carbons (Fsp3) is 0.500. The molecule has 1 aliphatic heterocycles. The summed E-state index contributed by atoms with van der Waals surface area (Å²) in [4.78, 5) is 0. The van der Waals surface area contributed by atoms with Gasteiger partial charge >= 0.3 is 6.18 Å². The topological polar surface area (TPSA) is 29.5 Å². The maximum Gasteiger partial charge on any atom is 0.416 e. The summed E-state index contributed by atoms with van der Waals surface area (Å²) in [7, 11) is 0. The Kier molecular flexibility index (Phi) is 2.61. The molecule has 0 amide bonds. The van der Waals surface area contributed by atoms with Crippen molar-refractivity contribution in [1.82, 2.24) is 0 Å². The van der Waals surface area contributed by atoms with E-state index in [4.69, 9.17) is 4.74 Å². The van der Waals surface area contributed by atoms with Crippen LogP contribution in [0.5, 0.6) is 5.75 Å². The number of ether oxygens (including phenoxy) is 1. The van der Waals surface area contributed by atoms with E-state index in [1.165, 1.54) is 6.07 Å². The van der Waals surface area contributed by atoms with Crippen molar-refractivity contribution in [3.63, 3.8) is 0 Å². The molecule has 0 aromatic heterocycles. The van der Waals surface area contributed by atoms with E-state index in [-0.39, 0.29) is 5.75 Å². The lowest BCUT2D eigenvalue weighted by Gasteiger charge is -2.24. The quantitative estimate of drug-likeness (QED) is 0.825. The van der Waals surface area contributed by atoms with Gasteiger partial charge in [-0.25, -0.2) is 0 Å². The fourth-order valence-corrected chi connectivity index (χ4v) is 1.80. The lowest BCUT2D eigenvalue weighted by atomic mass is 9.97. The normalized spacial score (nSPS) is 20.0. The van der Waals surface area contributed by atoms with Gasteiger partial charge in [-0.05, 0) is 31.5 Å². The molecule has 2 nitrogen and oxygen atoms in total. The van der Waals surface area contributed by atoms with Crippen LogP contribution < -0.4 is 4.74 Å². The third-order valence-electron chi connectivity index (χ3n) is 2.86. The Bertz CT molecular complexity index is 432. The van der Waals surface area contributed by atoms with Crippen LogP contribution >= 0.6 is 0 Å². The van der Waals surface area contributed by atoms with Gasteiger partial charge in [0.2, 0.25) is 0 Å². The molecule has 1 heterocycles. The van der Waals surface area contributed by atoms with Crippen LogP contribution in [0.1, 0.15) is 25.0 Å². The molecule has 1 unspecified atom stereocenters. The highest BCUT2D eigenvalue weighted by molar-refractivity contribution is 5.42. The highest BCUT2D eigenvalue weighted by Gasteiger charge is 2.37. The van der Waals surface area contributed by atoms with Crippen LogP contribution in [0, 0.1) is 0 Å². The van der Waals surface area contributed by atoms with Gasteiger partial charge in [-0.3, -0.25) is 0 Å². The molecule has 1 aliphatic rings. The van der Waals surface area contributed by atoms with E-state index in [0.717, 1.165) is 12.1 Å². The third-order valence-corrected chi connectivity index (χ3v) is 2.86. The van der Waals surface area contributed by atoms with Gasteiger partial charge in [0.25, 0.3) is 0 Å². The van der Waals surface area contributed by atoms with Gasteiger partial charge in [0.15, 0.2) is 0 Å². The van der Waals surface area contributed by atoms with Crippen LogP contribution in [0.2, 0.25) is 0 Å². The number of hydrogen-bond donors (Lipinski definition) is 1. The minimum absolute atomic E-state index is 0.215. The Balaban J connectivity index is 2.29. The van der Waals surface area contributed by atoms with Crippen LogP contribution in [0.15, 0.2) is 18.2 Å². The lowest BCUT2D eigenvalue weighted by molar-refractivity contribution is -0.137. The molecular weight excluding hydrogens is 233 g/mol. The Morgan fingerprint density at radius 3 is 2.47 bits per heavy atom. The van der Waals surface area contributed by atoms with Crippen molar-refractivity contribution in [1.29, 1.82) is 0 Å². The number of aliphatic hydroxyl groups is 1. The average molecular weight is 246 g/mol. The van der Waals surface area contributed by atoms with Crippen molar-refractivity contribution in [2.75, 3.05) is 0 Å². The first-order chi connectivity index (χ1) is 7.68. The standard InChI is InChI=1S/C12H13F3O2/c1-11(2,16)10-5-7-3-4-8(12(13,14)15)6-9(7)17-10/h3-4,6,10,16H,5H2,1-2H3. The number of alkyl halides is 3. The van der Waals surface area contributed by atoms with Crippen molar-refractivity contribution in [2.45, 2.75) is 38.1 Å². The molecule has 0 saturated heterocycles. The second-order valence-corrected chi connectivity index (χ2v) is 4.78. The van der Waals surface area contributed by atoms with Crippen LogP contribution in [-0.4, -0.2) is 16.8 Å². The van der Waals surface area contributed by atoms with Crippen molar-refractivity contribution in [3.8, 4) is 5.75 Å². The molecule has 0 radical (unpaired) electrons. The van der Waals surface area contributed by atoms with Gasteiger partial charge in [-0.2, -0.15) is 13.2 Å². The molecule has 0 saturated carbocycles. The Morgan fingerprint density at radius 1 is 1.29 bits per heavy atom. The molecule has 1 N–H and O–H groups in total. The predicted molar refractivity (Wildman–Crippen MR) is 55.9 cm³/mol. The van der Waals surface area contributed by atoms with Crippen molar-refractivity contribution < 1.29 is 23.0 Å². The SMILES string of the molecule is CC(C)(O)C1Cc2ccc(C(F)(F)F)cc2O1. The summed E-state index contributed by atoms with van der Waals surface area (Å²) in [5, 5.41) is 9.77. The minimum Gasteiger partial charge on any atom is -0.487 e.